The molecule has 1 aliphatic rings. The molecule has 1 aliphatic heterocycles. The number of carbonyl (C=O) groups is 3. The Morgan fingerprint density at radius 3 is 2.51 bits per heavy atom. The number of sulfonamides is 1. The zero-order valence-corrected chi connectivity index (χ0v) is 24.3. The Balaban J connectivity index is 1.66. The fourth-order valence-electron chi connectivity index (χ4n) is 4.47. The second-order valence-electron chi connectivity index (χ2n) is 10.4. The number of aromatic nitrogens is 2. The van der Waals surface area contributed by atoms with Crippen molar-refractivity contribution in [2.75, 3.05) is 6.54 Å². The fraction of sp³-hybridized carbons (Fsp3) is 0.500. The Morgan fingerprint density at radius 1 is 1.07 bits per heavy atom. The van der Waals surface area contributed by atoms with E-state index in [1.807, 2.05) is 13.8 Å². The van der Waals surface area contributed by atoms with Gasteiger partial charge in [0, 0.05) is 13.6 Å². The number of rotatable bonds is 4. The van der Waals surface area contributed by atoms with Gasteiger partial charge in [-0.3, -0.25) is 19.0 Å². The molecule has 2 aromatic heterocycles. The summed E-state index contributed by atoms with van der Waals surface area (Å²) in [4.78, 5) is 54.8. The number of carbonyl (C=O) groups excluding carboxylic acids is 3. The first-order chi connectivity index (χ1) is 19.3. The molecule has 1 aromatic carbocycles. The van der Waals surface area contributed by atoms with Crippen molar-refractivity contribution in [2.45, 2.75) is 70.0 Å². The molecule has 3 atom stereocenters. The first kappa shape index (κ1) is 30.0. The van der Waals surface area contributed by atoms with Crippen LogP contribution in [0, 0.1) is 12.8 Å². The molecular weight excluding hydrogens is 556 g/mol. The summed E-state index contributed by atoms with van der Waals surface area (Å²) in [5.74, 6) is -2.20. The lowest BCUT2D eigenvalue weighted by Gasteiger charge is -2.24. The SMILES string of the molecule is Cc1oc2nc1C(=O)N[C@H](C)C(=O)NCCCC[C@H](NS(=O)(=O)c1ccc3oc(=O)n(C)c3c1)C(=O)N[C@H]2C(C)C. The molecule has 3 heterocycles. The van der Waals surface area contributed by atoms with Gasteiger partial charge in [0.1, 0.15) is 23.9 Å². The molecule has 3 aromatic rings. The van der Waals surface area contributed by atoms with Crippen LogP contribution in [0.25, 0.3) is 11.1 Å². The zero-order valence-electron chi connectivity index (χ0n) is 23.4. The van der Waals surface area contributed by atoms with Crippen LogP contribution in [0.3, 0.4) is 0 Å². The molecule has 4 rings (SSSR count). The highest BCUT2D eigenvalue weighted by atomic mass is 32.2. The maximum absolute atomic E-state index is 13.5. The van der Waals surface area contributed by atoms with Crippen LogP contribution in [0.5, 0.6) is 0 Å². The number of fused-ring (bicyclic) bond motifs is 3. The third-order valence-electron chi connectivity index (χ3n) is 6.91. The van der Waals surface area contributed by atoms with Crippen molar-refractivity contribution in [3.05, 3.63) is 46.1 Å². The molecule has 2 bridgehead atoms. The van der Waals surface area contributed by atoms with E-state index in [9.17, 15) is 27.6 Å². The van der Waals surface area contributed by atoms with Gasteiger partial charge in [0.2, 0.25) is 27.7 Å². The van der Waals surface area contributed by atoms with Crippen molar-refractivity contribution in [3.63, 3.8) is 0 Å². The van der Waals surface area contributed by atoms with Gasteiger partial charge in [-0.2, -0.15) is 4.72 Å². The molecule has 0 fully saturated rings. The van der Waals surface area contributed by atoms with E-state index in [1.165, 1.54) is 29.8 Å². The molecule has 3 amide bonds. The normalized spacial score (nSPS) is 21.5. The Hall–Kier alpha value is -3.98. The maximum Gasteiger partial charge on any atom is 0.419 e. The number of benzene rings is 1. The minimum absolute atomic E-state index is 0.0204. The van der Waals surface area contributed by atoms with Crippen molar-refractivity contribution in [2.24, 2.45) is 13.0 Å². The molecule has 222 valence electrons. The molecule has 0 aliphatic carbocycles. The van der Waals surface area contributed by atoms with Crippen molar-refractivity contribution >= 4 is 38.8 Å². The number of oxazole rings is 2. The third-order valence-corrected chi connectivity index (χ3v) is 8.37. The first-order valence-electron chi connectivity index (χ1n) is 13.3. The highest BCUT2D eigenvalue weighted by Gasteiger charge is 2.32. The molecule has 0 saturated heterocycles. The van der Waals surface area contributed by atoms with Gasteiger partial charge in [-0.05, 0) is 57.2 Å². The highest BCUT2D eigenvalue weighted by molar-refractivity contribution is 7.89. The Kier molecular flexibility index (Phi) is 8.68. The predicted octanol–water partition coefficient (Wildman–Crippen LogP) is 1.01. The van der Waals surface area contributed by atoms with Crippen LogP contribution in [0.1, 0.15) is 68.2 Å². The van der Waals surface area contributed by atoms with Gasteiger partial charge >= 0.3 is 5.76 Å². The largest absolute Gasteiger partial charge is 0.443 e. The summed E-state index contributed by atoms with van der Waals surface area (Å²) in [5, 5.41) is 8.16. The molecule has 0 radical (unpaired) electrons. The molecular formula is C26H34N6O8S. The highest BCUT2D eigenvalue weighted by Crippen LogP contribution is 2.25. The molecule has 15 heteroatoms. The number of hydrogen-bond acceptors (Lipinski definition) is 9. The second kappa shape index (κ2) is 11.9. The van der Waals surface area contributed by atoms with Crippen LogP contribution in [0.2, 0.25) is 0 Å². The molecule has 0 saturated carbocycles. The maximum atomic E-state index is 13.5. The topological polar surface area (TPSA) is 195 Å². The Bertz CT molecular complexity index is 1640. The average molecular weight is 591 g/mol. The summed E-state index contributed by atoms with van der Waals surface area (Å²) in [7, 11) is -2.77. The Labute approximate surface area is 236 Å². The molecule has 0 unspecified atom stereocenters. The monoisotopic (exact) mass is 590 g/mol. The first-order valence-corrected chi connectivity index (χ1v) is 14.7. The zero-order chi connectivity index (χ0) is 30.1. The quantitative estimate of drug-likeness (QED) is 0.343. The van der Waals surface area contributed by atoms with Gasteiger partial charge in [0.05, 0.1) is 10.4 Å². The number of aryl methyl sites for hydroxylation is 2. The van der Waals surface area contributed by atoms with E-state index < -0.39 is 51.6 Å². The summed E-state index contributed by atoms with van der Waals surface area (Å²) >= 11 is 0. The Morgan fingerprint density at radius 2 is 1.80 bits per heavy atom. The van der Waals surface area contributed by atoms with Crippen LogP contribution in [-0.4, -0.2) is 54.3 Å². The molecule has 0 spiro atoms. The van der Waals surface area contributed by atoms with E-state index in [0.717, 1.165) is 0 Å². The minimum atomic E-state index is -4.22. The van der Waals surface area contributed by atoms with Crippen molar-refractivity contribution in [1.82, 2.24) is 30.2 Å². The summed E-state index contributed by atoms with van der Waals surface area (Å²) < 4.78 is 41.3. The number of hydrogen-bond donors (Lipinski definition) is 4. The van der Waals surface area contributed by atoms with Crippen LogP contribution >= 0.6 is 0 Å². The lowest BCUT2D eigenvalue weighted by atomic mass is 10.0. The summed E-state index contributed by atoms with van der Waals surface area (Å²) in [6.07, 6.45) is 0.973. The number of amides is 3. The third kappa shape index (κ3) is 6.51. The van der Waals surface area contributed by atoms with Gasteiger partial charge in [0.25, 0.3) is 5.91 Å². The van der Waals surface area contributed by atoms with E-state index in [2.05, 4.69) is 25.7 Å². The summed E-state index contributed by atoms with van der Waals surface area (Å²) in [6.45, 7) is 6.99. The number of nitrogens with one attached hydrogen (secondary N) is 4. The molecule has 41 heavy (non-hydrogen) atoms. The molecule has 4 N–H and O–H groups in total. The van der Waals surface area contributed by atoms with Crippen LogP contribution < -0.4 is 26.4 Å². The van der Waals surface area contributed by atoms with Crippen molar-refractivity contribution < 1.29 is 31.6 Å². The lowest BCUT2D eigenvalue weighted by Crippen LogP contribution is -2.48. The van der Waals surface area contributed by atoms with Gasteiger partial charge in [-0.25, -0.2) is 18.2 Å². The van der Waals surface area contributed by atoms with Crippen molar-refractivity contribution in [1.29, 1.82) is 0 Å². The second-order valence-corrected chi connectivity index (χ2v) is 12.1. The van der Waals surface area contributed by atoms with E-state index in [4.69, 9.17) is 8.83 Å². The van der Waals surface area contributed by atoms with E-state index in [1.54, 1.807) is 13.8 Å². The number of nitrogens with zero attached hydrogens (tertiary/aromatic N) is 2. The minimum Gasteiger partial charge on any atom is -0.443 e. The van der Waals surface area contributed by atoms with Crippen LogP contribution in [0.4, 0.5) is 0 Å². The van der Waals surface area contributed by atoms with Gasteiger partial charge in [0.15, 0.2) is 11.3 Å². The van der Waals surface area contributed by atoms with E-state index in [-0.39, 0.29) is 52.2 Å². The molecule has 14 nitrogen and oxygen atoms in total. The van der Waals surface area contributed by atoms with Crippen molar-refractivity contribution in [3.8, 4) is 0 Å². The summed E-state index contributed by atoms with van der Waals surface area (Å²) in [6, 6.07) is 1.16. The van der Waals surface area contributed by atoms with E-state index in [0.29, 0.717) is 12.8 Å². The van der Waals surface area contributed by atoms with Gasteiger partial charge in [-0.1, -0.05) is 13.8 Å². The van der Waals surface area contributed by atoms with E-state index >= 15 is 0 Å². The van der Waals surface area contributed by atoms with Gasteiger partial charge in [-0.15, -0.1) is 0 Å². The average Bonchev–Trinajstić information content (AvgIpc) is 3.43. The lowest BCUT2D eigenvalue weighted by molar-refractivity contribution is -0.124. The predicted molar refractivity (Wildman–Crippen MR) is 146 cm³/mol. The van der Waals surface area contributed by atoms with Crippen LogP contribution in [0.15, 0.2) is 36.7 Å². The smallest absolute Gasteiger partial charge is 0.419 e. The van der Waals surface area contributed by atoms with Gasteiger partial charge < -0.3 is 24.8 Å². The van der Waals surface area contributed by atoms with Crippen LogP contribution in [-0.2, 0) is 26.7 Å². The standard InChI is InChI=1S/C26H34N6O8S/c1-13(2)20-25-30-21(15(4)39-25)24(35)28-14(3)22(33)27-11-7-6-8-17(23(34)29-20)31-41(37,38)16-9-10-19-18(12-16)32(5)26(36)40-19/h9-10,12-14,17,20,31H,6-8,11H2,1-5H3,(H,27,33)(H,28,35)(H,29,34)/t14-,17+,20+/m1/s1. The summed E-state index contributed by atoms with van der Waals surface area (Å²) in [5.41, 5.74) is 0.488. The fourth-order valence-corrected chi connectivity index (χ4v) is 5.72.